The van der Waals surface area contributed by atoms with Gasteiger partial charge in [-0.3, -0.25) is 9.48 Å². The summed E-state index contributed by atoms with van der Waals surface area (Å²) in [7, 11) is 5.43. The Morgan fingerprint density at radius 1 is 1.19 bits per heavy atom. The van der Waals surface area contributed by atoms with E-state index in [2.05, 4.69) is 5.10 Å². The van der Waals surface area contributed by atoms with Gasteiger partial charge in [-0.05, 0) is 44.8 Å². The van der Waals surface area contributed by atoms with Crippen LogP contribution in [0.1, 0.15) is 27.3 Å². The Morgan fingerprint density at radius 2 is 1.88 bits per heavy atom. The van der Waals surface area contributed by atoms with E-state index in [0.717, 1.165) is 12.1 Å². The predicted molar refractivity (Wildman–Crippen MR) is 92.7 cm³/mol. The Morgan fingerprint density at radius 3 is 2.42 bits per heavy atom. The minimum atomic E-state index is -4.41. The van der Waals surface area contributed by atoms with E-state index in [1.165, 1.54) is 10.7 Å². The fourth-order valence-corrected chi connectivity index (χ4v) is 2.61. The molecule has 1 heterocycles. The number of hydrogen-bond donors (Lipinski definition) is 0. The Labute approximate surface area is 151 Å². The summed E-state index contributed by atoms with van der Waals surface area (Å²) >= 11 is 0. The average molecular weight is 368 g/mol. The molecule has 8 heteroatoms. The first-order chi connectivity index (χ1) is 12.1. The largest absolute Gasteiger partial charge is 0.416 e. The lowest BCUT2D eigenvalue weighted by Crippen LogP contribution is -2.37. The van der Waals surface area contributed by atoms with Crippen LogP contribution in [0.15, 0.2) is 30.3 Å². The van der Waals surface area contributed by atoms with Gasteiger partial charge in [0.15, 0.2) is 0 Å². The van der Waals surface area contributed by atoms with E-state index < -0.39 is 11.7 Å². The number of benzene rings is 1. The highest BCUT2D eigenvalue weighted by Gasteiger charge is 2.30. The third-order valence-electron chi connectivity index (χ3n) is 3.95. The summed E-state index contributed by atoms with van der Waals surface area (Å²) in [5.41, 5.74) is 0.841. The van der Waals surface area contributed by atoms with Crippen LogP contribution in [0.4, 0.5) is 13.2 Å². The second-order valence-electron chi connectivity index (χ2n) is 6.52. The van der Waals surface area contributed by atoms with Crippen LogP contribution in [0, 0.1) is 6.92 Å². The molecule has 0 atom stereocenters. The number of hydrogen-bond acceptors (Lipinski definition) is 3. The molecule has 0 aliphatic heterocycles. The van der Waals surface area contributed by atoms with Crippen LogP contribution in [-0.4, -0.2) is 52.7 Å². The van der Waals surface area contributed by atoms with E-state index >= 15 is 0 Å². The van der Waals surface area contributed by atoms with Gasteiger partial charge >= 0.3 is 6.18 Å². The summed E-state index contributed by atoms with van der Waals surface area (Å²) in [5.74, 6) is -0.257. The first kappa shape index (κ1) is 20.0. The molecule has 0 N–H and O–H groups in total. The minimum Gasteiger partial charge on any atom is -0.332 e. The third kappa shape index (κ3) is 5.08. The maximum Gasteiger partial charge on any atom is 0.416 e. The van der Waals surface area contributed by atoms with E-state index in [4.69, 9.17) is 0 Å². The van der Waals surface area contributed by atoms with E-state index in [0.29, 0.717) is 30.0 Å². The first-order valence-corrected chi connectivity index (χ1v) is 8.18. The van der Waals surface area contributed by atoms with E-state index in [1.807, 2.05) is 19.0 Å². The Balaban J connectivity index is 2.27. The first-order valence-electron chi connectivity index (χ1n) is 8.18. The van der Waals surface area contributed by atoms with E-state index in [9.17, 15) is 18.0 Å². The van der Waals surface area contributed by atoms with Gasteiger partial charge in [0.2, 0.25) is 0 Å². The van der Waals surface area contributed by atoms with Crippen molar-refractivity contribution >= 4 is 5.91 Å². The quantitative estimate of drug-likeness (QED) is 0.787. The molecule has 2 rings (SSSR count). The zero-order chi connectivity index (χ0) is 19.5. The van der Waals surface area contributed by atoms with Crippen LogP contribution in [0.3, 0.4) is 0 Å². The van der Waals surface area contributed by atoms with Crippen LogP contribution in [0.25, 0.3) is 0 Å². The molecule has 0 saturated heterocycles. The summed E-state index contributed by atoms with van der Waals surface area (Å²) in [5, 5.41) is 4.17. The van der Waals surface area contributed by atoms with Gasteiger partial charge in [0, 0.05) is 26.7 Å². The summed E-state index contributed by atoms with van der Waals surface area (Å²) in [6.07, 6.45) is -4.41. The third-order valence-corrected chi connectivity index (χ3v) is 3.95. The van der Waals surface area contributed by atoms with Crippen LogP contribution in [-0.2, 0) is 19.8 Å². The number of carbonyl (C=O) groups is 1. The van der Waals surface area contributed by atoms with Crippen LogP contribution < -0.4 is 0 Å². The van der Waals surface area contributed by atoms with Crippen molar-refractivity contribution in [1.82, 2.24) is 19.6 Å². The van der Waals surface area contributed by atoms with Gasteiger partial charge in [0.05, 0.1) is 11.3 Å². The van der Waals surface area contributed by atoms with Crippen molar-refractivity contribution in [3.63, 3.8) is 0 Å². The van der Waals surface area contributed by atoms with E-state index in [1.54, 1.807) is 31.0 Å². The van der Waals surface area contributed by atoms with Crippen molar-refractivity contribution in [3.8, 4) is 0 Å². The fourth-order valence-electron chi connectivity index (χ4n) is 2.61. The molecular weight excluding hydrogens is 345 g/mol. The lowest BCUT2D eigenvalue weighted by molar-refractivity contribution is -0.137. The van der Waals surface area contributed by atoms with Crippen LogP contribution in [0.5, 0.6) is 0 Å². The second-order valence-corrected chi connectivity index (χ2v) is 6.52. The van der Waals surface area contributed by atoms with Crippen molar-refractivity contribution in [2.45, 2.75) is 19.6 Å². The normalized spacial score (nSPS) is 11.8. The fraction of sp³-hybridized carbons (Fsp3) is 0.444. The molecule has 0 bridgehead atoms. The smallest absolute Gasteiger partial charge is 0.332 e. The number of halogens is 3. The molecule has 1 aromatic heterocycles. The van der Waals surface area contributed by atoms with Gasteiger partial charge in [-0.15, -0.1) is 0 Å². The van der Waals surface area contributed by atoms with Crippen molar-refractivity contribution in [3.05, 3.63) is 52.8 Å². The zero-order valence-corrected chi connectivity index (χ0v) is 15.3. The lowest BCUT2D eigenvalue weighted by atomic mass is 10.1. The summed E-state index contributed by atoms with van der Waals surface area (Å²) in [6.45, 7) is 2.88. The molecule has 142 valence electrons. The van der Waals surface area contributed by atoms with Crippen molar-refractivity contribution < 1.29 is 18.0 Å². The van der Waals surface area contributed by atoms with Crippen LogP contribution >= 0.6 is 0 Å². The topological polar surface area (TPSA) is 41.4 Å². The molecule has 2 aromatic rings. The van der Waals surface area contributed by atoms with Gasteiger partial charge in [-0.2, -0.15) is 18.3 Å². The van der Waals surface area contributed by atoms with Gasteiger partial charge in [0.25, 0.3) is 5.91 Å². The number of rotatable bonds is 6. The Bertz CT molecular complexity index is 768. The molecule has 0 spiro atoms. The molecule has 0 aliphatic carbocycles. The molecule has 1 aromatic carbocycles. The zero-order valence-electron chi connectivity index (χ0n) is 15.3. The van der Waals surface area contributed by atoms with E-state index in [-0.39, 0.29) is 12.5 Å². The number of nitrogens with zero attached hydrogens (tertiary/aromatic N) is 4. The number of aryl methyl sites for hydroxylation is 2. The summed E-state index contributed by atoms with van der Waals surface area (Å²) in [4.78, 5) is 16.4. The molecule has 26 heavy (non-hydrogen) atoms. The van der Waals surface area contributed by atoms with Crippen molar-refractivity contribution in [2.75, 3.05) is 27.2 Å². The number of likely N-dealkylation sites (N-methyl/N-ethyl adjacent to an activating group) is 1. The average Bonchev–Trinajstić information content (AvgIpc) is 2.88. The monoisotopic (exact) mass is 368 g/mol. The second kappa shape index (κ2) is 7.90. The number of amides is 1. The Kier molecular flexibility index (Phi) is 6.07. The highest BCUT2D eigenvalue weighted by Crippen LogP contribution is 2.29. The minimum absolute atomic E-state index is 0.0980. The molecular formula is C18H23F3N4O. The highest BCUT2D eigenvalue weighted by atomic mass is 19.4. The molecule has 0 unspecified atom stereocenters. The SMILES string of the molecule is Cc1cc(C(=O)N(CCN(C)C)Cc2cccc(C(F)(F)F)c2)n(C)n1. The van der Waals surface area contributed by atoms with Gasteiger partial charge in [-0.25, -0.2) is 0 Å². The number of aromatic nitrogens is 2. The maximum atomic E-state index is 12.9. The van der Waals surface area contributed by atoms with Gasteiger partial charge in [-0.1, -0.05) is 12.1 Å². The van der Waals surface area contributed by atoms with Gasteiger partial charge < -0.3 is 9.80 Å². The molecule has 0 radical (unpaired) electrons. The summed E-state index contributed by atoms with van der Waals surface area (Å²) in [6, 6.07) is 6.75. The van der Waals surface area contributed by atoms with Crippen molar-refractivity contribution in [1.29, 1.82) is 0 Å². The lowest BCUT2D eigenvalue weighted by Gasteiger charge is -2.25. The molecule has 1 amide bonds. The number of alkyl halides is 3. The van der Waals surface area contributed by atoms with Crippen molar-refractivity contribution in [2.24, 2.45) is 7.05 Å². The molecule has 5 nitrogen and oxygen atoms in total. The maximum absolute atomic E-state index is 12.9. The Hall–Kier alpha value is -2.35. The number of carbonyl (C=O) groups excluding carboxylic acids is 1. The standard InChI is InChI=1S/C18H23F3N4O/c1-13-10-16(24(4)22-13)17(26)25(9-8-23(2)3)12-14-6-5-7-15(11-14)18(19,20)21/h5-7,10-11H,8-9,12H2,1-4H3. The molecule has 0 aliphatic rings. The molecule has 0 fully saturated rings. The van der Waals surface area contributed by atoms with Gasteiger partial charge in [0.1, 0.15) is 5.69 Å². The summed E-state index contributed by atoms with van der Waals surface area (Å²) < 4.78 is 40.3. The van der Waals surface area contributed by atoms with Crippen LogP contribution in [0.2, 0.25) is 0 Å². The molecule has 0 saturated carbocycles. The highest BCUT2D eigenvalue weighted by molar-refractivity contribution is 5.92. The predicted octanol–water partition coefficient (Wildman–Crippen LogP) is 2.95.